The van der Waals surface area contributed by atoms with E-state index in [0.717, 1.165) is 12.1 Å². The average molecular weight is 229 g/mol. The van der Waals surface area contributed by atoms with Crippen LogP contribution in [0.15, 0.2) is 40.9 Å². The van der Waals surface area contributed by atoms with Gasteiger partial charge in [-0.15, -0.1) is 0 Å². The Morgan fingerprint density at radius 2 is 1.82 bits per heavy atom. The minimum atomic E-state index is 0.352. The molecule has 0 spiro atoms. The number of aryl methyl sites for hydroxylation is 1. The highest BCUT2D eigenvalue weighted by atomic mass is 14.8. The van der Waals surface area contributed by atoms with E-state index in [1.807, 2.05) is 13.8 Å². The van der Waals surface area contributed by atoms with Crippen LogP contribution in [0.5, 0.6) is 0 Å². The SMILES string of the molecule is CC.CCc1ccccc1C1=NC(C)C(C)=C1. The van der Waals surface area contributed by atoms with E-state index in [9.17, 15) is 0 Å². The smallest absolute Gasteiger partial charge is 0.0689 e. The van der Waals surface area contributed by atoms with Crippen molar-refractivity contribution in [2.75, 3.05) is 0 Å². The van der Waals surface area contributed by atoms with Crippen LogP contribution in [0, 0.1) is 0 Å². The highest BCUT2D eigenvalue weighted by Gasteiger charge is 2.15. The van der Waals surface area contributed by atoms with Crippen molar-refractivity contribution in [3.05, 3.63) is 47.0 Å². The van der Waals surface area contributed by atoms with E-state index < -0.39 is 0 Å². The highest BCUT2D eigenvalue weighted by molar-refractivity contribution is 6.11. The summed E-state index contributed by atoms with van der Waals surface area (Å²) in [5.74, 6) is 0. The molecule has 0 saturated carbocycles. The van der Waals surface area contributed by atoms with Crippen LogP contribution in [0.2, 0.25) is 0 Å². The summed E-state index contributed by atoms with van der Waals surface area (Å²) in [6.07, 6.45) is 3.27. The zero-order valence-electron chi connectivity index (χ0n) is 11.6. The van der Waals surface area contributed by atoms with E-state index >= 15 is 0 Å². The summed E-state index contributed by atoms with van der Waals surface area (Å²) in [5.41, 5.74) is 5.19. The van der Waals surface area contributed by atoms with Crippen LogP contribution in [0.4, 0.5) is 0 Å². The van der Waals surface area contributed by atoms with Crippen LogP contribution < -0.4 is 0 Å². The molecule has 1 unspecified atom stereocenters. The third kappa shape index (κ3) is 3.06. The summed E-state index contributed by atoms with van der Waals surface area (Å²) < 4.78 is 0. The first-order valence-electron chi connectivity index (χ1n) is 6.56. The van der Waals surface area contributed by atoms with Crippen LogP contribution in [0.1, 0.15) is 45.7 Å². The lowest BCUT2D eigenvalue weighted by atomic mass is 10.0. The Hall–Kier alpha value is -1.37. The van der Waals surface area contributed by atoms with E-state index in [1.54, 1.807) is 0 Å². The maximum atomic E-state index is 4.67. The molecule has 0 bridgehead atoms. The molecule has 0 radical (unpaired) electrons. The van der Waals surface area contributed by atoms with Crippen LogP contribution >= 0.6 is 0 Å². The molecule has 1 atom stereocenters. The van der Waals surface area contributed by atoms with Gasteiger partial charge in [0.2, 0.25) is 0 Å². The molecule has 17 heavy (non-hydrogen) atoms. The first-order valence-corrected chi connectivity index (χ1v) is 6.56. The van der Waals surface area contributed by atoms with E-state index in [0.29, 0.717) is 6.04 Å². The van der Waals surface area contributed by atoms with Gasteiger partial charge in [0.15, 0.2) is 0 Å². The number of aliphatic imine (C=N–C) groups is 1. The van der Waals surface area contributed by atoms with Gasteiger partial charge in [0, 0.05) is 5.56 Å². The summed E-state index contributed by atoms with van der Waals surface area (Å²) in [7, 11) is 0. The summed E-state index contributed by atoms with van der Waals surface area (Å²) in [4.78, 5) is 4.67. The van der Waals surface area contributed by atoms with Gasteiger partial charge in [0.25, 0.3) is 0 Å². The molecule has 0 saturated heterocycles. The second-order valence-corrected chi connectivity index (χ2v) is 4.09. The van der Waals surface area contributed by atoms with E-state index in [1.165, 1.54) is 16.7 Å². The Balaban J connectivity index is 0.000000686. The average Bonchev–Trinajstić information content (AvgIpc) is 2.72. The molecule has 1 aliphatic heterocycles. The normalized spacial score (nSPS) is 18.1. The van der Waals surface area contributed by atoms with Gasteiger partial charge < -0.3 is 0 Å². The zero-order chi connectivity index (χ0) is 12.8. The molecule has 0 fully saturated rings. The summed E-state index contributed by atoms with van der Waals surface area (Å²) in [6.45, 7) is 10.5. The number of allylic oxidation sites excluding steroid dienone is 1. The predicted molar refractivity (Wildman–Crippen MR) is 76.9 cm³/mol. The van der Waals surface area contributed by atoms with Crippen molar-refractivity contribution in [3.63, 3.8) is 0 Å². The van der Waals surface area contributed by atoms with Crippen molar-refractivity contribution < 1.29 is 0 Å². The molecular formula is C16H23N. The Labute approximate surface area is 105 Å². The molecule has 0 aliphatic carbocycles. The monoisotopic (exact) mass is 229 g/mol. The van der Waals surface area contributed by atoms with Crippen molar-refractivity contribution in [3.8, 4) is 0 Å². The third-order valence-corrected chi connectivity index (χ3v) is 3.03. The fourth-order valence-corrected chi connectivity index (χ4v) is 1.91. The standard InChI is InChI=1S/C14H17N.C2H6/c1-4-12-7-5-6-8-13(12)14-9-10(2)11(3)15-14;1-2/h5-9,11H,4H2,1-3H3;1-2H3. The molecule has 1 aromatic rings. The first-order chi connectivity index (χ1) is 8.22. The minimum Gasteiger partial charge on any atom is -0.277 e. The maximum Gasteiger partial charge on any atom is 0.0689 e. The van der Waals surface area contributed by atoms with Crippen LogP contribution in [0.3, 0.4) is 0 Å². The van der Waals surface area contributed by atoms with Gasteiger partial charge in [-0.2, -0.15) is 0 Å². The summed E-state index contributed by atoms with van der Waals surface area (Å²) in [5, 5.41) is 0. The number of nitrogens with zero attached hydrogens (tertiary/aromatic N) is 1. The number of hydrogen-bond donors (Lipinski definition) is 0. The lowest BCUT2D eigenvalue weighted by molar-refractivity contribution is 0.884. The predicted octanol–water partition coefficient (Wildman–Crippen LogP) is 4.41. The molecule has 0 N–H and O–H groups in total. The maximum absolute atomic E-state index is 4.67. The molecule has 1 heteroatoms. The third-order valence-electron chi connectivity index (χ3n) is 3.03. The molecule has 0 amide bonds. The van der Waals surface area contributed by atoms with Crippen LogP contribution in [-0.4, -0.2) is 11.8 Å². The van der Waals surface area contributed by atoms with Gasteiger partial charge in [0.05, 0.1) is 11.8 Å². The van der Waals surface area contributed by atoms with Crippen LogP contribution in [-0.2, 0) is 6.42 Å². The fraction of sp³-hybridized carbons (Fsp3) is 0.438. The molecule has 1 heterocycles. The molecule has 1 nitrogen and oxygen atoms in total. The Morgan fingerprint density at radius 3 is 2.35 bits per heavy atom. The van der Waals surface area contributed by atoms with Crippen LogP contribution in [0.25, 0.3) is 0 Å². The quantitative estimate of drug-likeness (QED) is 0.712. The molecule has 1 aliphatic rings. The van der Waals surface area contributed by atoms with E-state index in [-0.39, 0.29) is 0 Å². The van der Waals surface area contributed by atoms with Crippen molar-refractivity contribution in [2.24, 2.45) is 4.99 Å². The highest BCUT2D eigenvalue weighted by Crippen LogP contribution is 2.20. The van der Waals surface area contributed by atoms with Crippen molar-refractivity contribution in [2.45, 2.75) is 47.1 Å². The summed E-state index contributed by atoms with van der Waals surface area (Å²) >= 11 is 0. The van der Waals surface area contributed by atoms with E-state index in [4.69, 9.17) is 0 Å². The number of benzene rings is 1. The Bertz CT molecular complexity index is 427. The minimum absolute atomic E-state index is 0.352. The van der Waals surface area contributed by atoms with Crippen molar-refractivity contribution in [1.29, 1.82) is 0 Å². The second-order valence-electron chi connectivity index (χ2n) is 4.09. The topological polar surface area (TPSA) is 12.4 Å². The molecular weight excluding hydrogens is 206 g/mol. The molecule has 2 rings (SSSR count). The van der Waals surface area contributed by atoms with Crippen molar-refractivity contribution >= 4 is 5.71 Å². The van der Waals surface area contributed by atoms with Gasteiger partial charge in [0.1, 0.15) is 0 Å². The number of rotatable bonds is 2. The molecule has 1 aromatic carbocycles. The lowest BCUT2D eigenvalue weighted by Crippen LogP contribution is -2.00. The fourth-order valence-electron chi connectivity index (χ4n) is 1.91. The Kier molecular flexibility index (Phi) is 5.14. The summed E-state index contributed by atoms with van der Waals surface area (Å²) in [6, 6.07) is 8.88. The van der Waals surface area contributed by atoms with Gasteiger partial charge in [-0.05, 0) is 37.5 Å². The van der Waals surface area contributed by atoms with Gasteiger partial charge >= 0.3 is 0 Å². The first kappa shape index (κ1) is 13.7. The molecule has 92 valence electrons. The number of hydrogen-bond acceptors (Lipinski definition) is 1. The van der Waals surface area contributed by atoms with Gasteiger partial charge in [-0.1, -0.05) is 45.0 Å². The lowest BCUT2D eigenvalue weighted by Gasteiger charge is -2.05. The van der Waals surface area contributed by atoms with E-state index in [2.05, 4.69) is 56.1 Å². The van der Waals surface area contributed by atoms with Gasteiger partial charge in [-0.25, -0.2) is 0 Å². The molecule has 0 aromatic heterocycles. The largest absolute Gasteiger partial charge is 0.277 e. The second kappa shape index (κ2) is 6.39. The zero-order valence-corrected chi connectivity index (χ0v) is 11.6. The van der Waals surface area contributed by atoms with Crippen molar-refractivity contribution in [1.82, 2.24) is 0 Å². The Morgan fingerprint density at radius 1 is 1.18 bits per heavy atom. The van der Waals surface area contributed by atoms with Gasteiger partial charge in [-0.3, -0.25) is 4.99 Å².